The minimum Gasteiger partial charge on any atom is -0.239 e. The minimum absolute atomic E-state index is 0.780. The van der Waals surface area contributed by atoms with Crippen molar-refractivity contribution in [1.29, 1.82) is 0 Å². The highest BCUT2D eigenvalue weighted by atomic mass is 19.2. The van der Waals surface area contributed by atoms with Gasteiger partial charge in [0.2, 0.25) is 0 Å². The molecule has 0 saturated heterocycles. The lowest BCUT2D eigenvalue weighted by Gasteiger charge is -2.21. The third-order valence-electron chi connectivity index (χ3n) is 1.62. The molecule has 0 spiro atoms. The van der Waals surface area contributed by atoms with Gasteiger partial charge in [0.15, 0.2) is 11.8 Å². The zero-order chi connectivity index (χ0) is 7.78. The van der Waals surface area contributed by atoms with E-state index in [2.05, 4.69) is 0 Å². The number of rotatable bonds is 0. The van der Waals surface area contributed by atoms with Crippen LogP contribution in [0.15, 0.2) is 23.8 Å². The van der Waals surface area contributed by atoms with Gasteiger partial charge in [-0.2, -0.15) is 0 Å². The van der Waals surface area contributed by atoms with Crippen LogP contribution < -0.4 is 0 Å². The number of hydrogen-bond donors (Lipinski definition) is 0. The first kappa shape index (κ1) is 7.45. The maximum absolute atomic E-state index is 12.9. The first-order chi connectivity index (χ1) is 4.52. The fourth-order valence-corrected chi connectivity index (χ4v) is 0.836. The number of alkyl halides is 2. The summed E-state index contributed by atoms with van der Waals surface area (Å²) in [5.41, 5.74) is -1.03. The summed E-state index contributed by atoms with van der Waals surface area (Å²) in [6, 6.07) is 0. The Balaban J connectivity index is 2.84. The van der Waals surface area contributed by atoms with E-state index in [-0.39, 0.29) is 0 Å². The van der Waals surface area contributed by atoms with E-state index < -0.39 is 11.8 Å². The van der Waals surface area contributed by atoms with Crippen LogP contribution in [0.1, 0.15) is 13.8 Å². The SMILES string of the molecule is CC1=C[C@H](F)C(C)(F)C=C1. The van der Waals surface area contributed by atoms with Gasteiger partial charge in [0.1, 0.15) is 0 Å². The van der Waals surface area contributed by atoms with E-state index in [0.717, 1.165) is 5.57 Å². The molecule has 0 aromatic rings. The molecule has 0 amide bonds. The summed E-state index contributed by atoms with van der Waals surface area (Å²) in [6.45, 7) is 2.98. The monoisotopic (exact) mass is 144 g/mol. The van der Waals surface area contributed by atoms with Gasteiger partial charge in [-0.3, -0.25) is 0 Å². The second-order valence-electron chi connectivity index (χ2n) is 2.80. The Morgan fingerprint density at radius 3 is 2.60 bits per heavy atom. The normalized spacial score (nSPS) is 39.6. The van der Waals surface area contributed by atoms with Gasteiger partial charge in [-0.1, -0.05) is 11.6 Å². The summed E-state index contributed by atoms with van der Waals surface area (Å²) in [5.74, 6) is 0. The van der Waals surface area contributed by atoms with Crippen molar-refractivity contribution in [3.63, 3.8) is 0 Å². The summed E-state index contributed by atoms with van der Waals surface area (Å²) in [4.78, 5) is 0. The molecule has 0 bridgehead atoms. The fraction of sp³-hybridized carbons (Fsp3) is 0.500. The van der Waals surface area contributed by atoms with Gasteiger partial charge >= 0.3 is 0 Å². The molecule has 10 heavy (non-hydrogen) atoms. The summed E-state index contributed by atoms with van der Waals surface area (Å²) in [5, 5.41) is 0. The minimum atomic E-state index is -1.81. The van der Waals surface area contributed by atoms with E-state index >= 15 is 0 Å². The molecule has 0 aliphatic heterocycles. The van der Waals surface area contributed by atoms with Crippen LogP contribution in [0.2, 0.25) is 0 Å². The van der Waals surface area contributed by atoms with Crippen molar-refractivity contribution in [1.82, 2.24) is 0 Å². The number of allylic oxidation sites excluding steroid dienone is 4. The van der Waals surface area contributed by atoms with Crippen molar-refractivity contribution in [3.05, 3.63) is 23.8 Å². The first-order valence-corrected chi connectivity index (χ1v) is 3.23. The van der Waals surface area contributed by atoms with Gasteiger partial charge in [0.25, 0.3) is 0 Å². The van der Waals surface area contributed by atoms with Crippen molar-refractivity contribution in [2.45, 2.75) is 25.7 Å². The van der Waals surface area contributed by atoms with Gasteiger partial charge in [-0.25, -0.2) is 8.78 Å². The van der Waals surface area contributed by atoms with Crippen LogP contribution in [0.5, 0.6) is 0 Å². The fourth-order valence-electron chi connectivity index (χ4n) is 0.836. The highest BCUT2D eigenvalue weighted by Crippen LogP contribution is 2.26. The second kappa shape index (κ2) is 2.19. The zero-order valence-corrected chi connectivity index (χ0v) is 6.07. The number of hydrogen-bond acceptors (Lipinski definition) is 0. The van der Waals surface area contributed by atoms with Crippen molar-refractivity contribution in [2.75, 3.05) is 0 Å². The van der Waals surface area contributed by atoms with Crippen LogP contribution in [-0.4, -0.2) is 11.8 Å². The molecule has 0 N–H and O–H groups in total. The summed E-state index contributed by atoms with van der Waals surface area (Å²) in [6.07, 6.45) is 2.65. The van der Waals surface area contributed by atoms with Gasteiger partial charge < -0.3 is 0 Å². The quantitative estimate of drug-likeness (QED) is 0.490. The lowest BCUT2D eigenvalue weighted by molar-refractivity contribution is 0.144. The topological polar surface area (TPSA) is 0 Å². The predicted octanol–water partition coefficient (Wildman–Crippen LogP) is 2.57. The third kappa shape index (κ3) is 1.25. The highest BCUT2D eigenvalue weighted by Gasteiger charge is 2.31. The first-order valence-electron chi connectivity index (χ1n) is 3.23. The maximum Gasteiger partial charge on any atom is 0.161 e. The maximum atomic E-state index is 12.9. The average Bonchev–Trinajstić information content (AvgIpc) is 1.81. The Hall–Kier alpha value is -0.660. The number of halogens is 2. The van der Waals surface area contributed by atoms with E-state index in [1.807, 2.05) is 0 Å². The van der Waals surface area contributed by atoms with Crippen molar-refractivity contribution >= 4 is 0 Å². The molecule has 1 rings (SSSR count). The van der Waals surface area contributed by atoms with Crippen LogP contribution in [0.4, 0.5) is 8.78 Å². The van der Waals surface area contributed by atoms with Gasteiger partial charge in [-0.05, 0) is 26.0 Å². The highest BCUT2D eigenvalue weighted by molar-refractivity contribution is 5.28. The summed E-state index contributed by atoms with van der Waals surface area (Å²) < 4.78 is 25.6. The molecular weight excluding hydrogens is 134 g/mol. The van der Waals surface area contributed by atoms with Crippen molar-refractivity contribution in [3.8, 4) is 0 Å². The third-order valence-corrected chi connectivity index (χ3v) is 1.62. The molecular formula is C8H10F2. The van der Waals surface area contributed by atoms with Crippen LogP contribution in [0, 0.1) is 0 Å². The molecule has 0 radical (unpaired) electrons. The van der Waals surface area contributed by atoms with Gasteiger partial charge in [-0.15, -0.1) is 0 Å². The van der Waals surface area contributed by atoms with E-state index in [4.69, 9.17) is 0 Å². The van der Waals surface area contributed by atoms with E-state index in [1.165, 1.54) is 19.1 Å². The Morgan fingerprint density at radius 2 is 2.20 bits per heavy atom. The Kier molecular flexibility index (Phi) is 1.63. The largest absolute Gasteiger partial charge is 0.239 e. The molecule has 1 aliphatic carbocycles. The Bertz CT molecular complexity index is 189. The molecule has 1 aliphatic rings. The molecule has 0 aromatic carbocycles. The molecule has 0 fully saturated rings. The van der Waals surface area contributed by atoms with E-state index in [9.17, 15) is 8.78 Å². The van der Waals surface area contributed by atoms with Gasteiger partial charge in [0.05, 0.1) is 0 Å². The second-order valence-corrected chi connectivity index (χ2v) is 2.80. The smallest absolute Gasteiger partial charge is 0.161 e. The molecule has 0 aromatic heterocycles. The molecule has 56 valence electrons. The lowest BCUT2D eigenvalue weighted by atomic mass is 9.94. The Morgan fingerprint density at radius 1 is 1.60 bits per heavy atom. The van der Waals surface area contributed by atoms with Crippen molar-refractivity contribution in [2.24, 2.45) is 0 Å². The standard InChI is InChI=1S/C8H10F2/c1-6-3-4-8(2,10)7(9)5-6/h3-5,7H,1-2H3/t7-,8?/m0/s1. The van der Waals surface area contributed by atoms with Crippen molar-refractivity contribution < 1.29 is 8.78 Å². The molecule has 2 heteroatoms. The Labute approximate surface area is 59.2 Å². The lowest BCUT2D eigenvalue weighted by Crippen LogP contribution is -2.29. The summed E-state index contributed by atoms with van der Waals surface area (Å²) >= 11 is 0. The van der Waals surface area contributed by atoms with Crippen LogP contribution in [0.3, 0.4) is 0 Å². The van der Waals surface area contributed by atoms with Crippen LogP contribution in [-0.2, 0) is 0 Å². The molecule has 0 nitrogen and oxygen atoms in total. The van der Waals surface area contributed by atoms with Gasteiger partial charge in [0, 0.05) is 0 Å². The van der Waals surface area contributed by atoms with E-state index in [1.54, 1.807) is 13.0 Å². The predicted molar refractivity (Wildman–Crippen MR) is 37.3 cm³/mol. The van der Waals surface area contributed by atoms with Crippen LogP contribution >= 0.6 is 0 Å². The molecule has 2 atom stereocenters. The van der Waals surface area contributed by atoms with E-state index in [0.29, 0.717) is 0 Å². The summed E-state index contributed by atoms with van der Waals surface area (Å²) in [7, 11) is 0. The molecule has 1 unspecified atom stereocenters. The average molecular weight is 144 g/mol. The molecule has 0 heterocycles. The van der Waals surface area contributed by atoms with Crippen LogP contribution in [0.25, 0.3) is 0 Å². The zero-order valence-electron chi connectivity index (χ0n) is 6.07. The molecule has 0 saturated carbocycles.